The number of non-ortho nitro benzene ring substituents is 1. The fraction of sp³-hybridized carbons (Fsp3) is 0.133. The number of benzene rings is 2. The number of rotatable bonds is 5. The van der Waals surface area contributed by atoms with E-state index >= 15 is 0 Å². The molecule has 0 saturated carbocycles. The maximum absolute atomic E-state index is 12.0. The number of nitrogens with one attached hydrogen (secondary N) is 1. The molecule has 114 valence electrons. The highest BCUT2D eigenvalue weighted by atomic mass is 16.6. The van der Waals surface area contributed by atoms with Crippen molar-refractivity contribution in [2.24, 2.45) is 5.73 Å². The molecule has 2 rings (SSSR count). The van der Waals surface area contributed by atoms with E-state index in [0.717, 1.165) is 5.56 Å². The fourth-order valence-corrected chi connectivity index (χ4v) is 1.88. The molecule has 0 heterocycles. The van der Waals surface area contributed by atoms with Gasteiger partial charge in [0.15, 0.2) is 0 Å². The van der Waals surface area contributed by atoms with Crippen LogP contribution in [-0.4, -0.2) is 22.0 Å². The Morgan fingerprint density at radius 3 is 2.32 bits per heavy atom. The molecule has 22 heavy (non-hydrogen) atoms. The summed E-state index contributed by atoms with van der Waals surface area (Å²) in [6.07, 6.45) is 0.319. The molecule has 7 nitrogen and oxygen atoms in total. The summed E-state index contributed by atoms with van der Waals surface area (Å²) in [5, 5.41) is 22.4. The van der Waals surface area contributed by atoms with Gasteiger partial charge < -0.3 is 16.2 Å². The molecule has 2 aromatic rings. The van der Waals surface area contributed by atoms with E-state index in [2.05, 4.69) is 5.32 Å². The molecule has 0 bridgehead atoms. The van der Waals surface area contributed by atoms with Crippen LogP contribution in [0.3, 0.4) is 0 Å². The first kappa shape index (κ1) is 15.5. The van der Waals surface area contributed by atoms with Gasteiger partial charge in [0.2, 0.25) is 5.91 Å². The van der Waals surface area contributed by atoms with Crippen LogP contribution in [0.15, 0.2) is 48.5 Å². The number of phenolic OH excluding ortho intramolecular Hbond substituents is 1. The standard InChI is InChI=1S/C15H15N3O4/c16-14(9-10-1-7-13(19)8-2-10)15(20)17-11-3-5-12(6-4-11)18(21)22/h1-8,14,19H,9,16H2,(H,17,20)/t14-/m0/s1. The van der Waals surface area contributed by atoms with E-state index in [-0.39, 0.29) is 17.3 Å². The smallest absolute Gasteiger partial charge is 0.269 e. The molecule has 2 aromatic carbocycles. The van der Waals surface area contributed by atoms with Crippen LogP contribution in [0.2, 0.25) is 0 Å². The van der Waals surface area contributed by atoms with Crippen LogP contribution in [-0.2, 0) is 11.2 Å². The summed E-state index contributed by atoms with van der Waals surface area (Å²) in [5.41, 5.74) is 7.05. The highest BCUT2D eigenvalue weighted by Gasteiger charge is 2.15. The number of nitro groups is 1. The number of aromatic hydroxyl groups is 1. The lowest BCUT2D eigenvalue weighted by Crippen LogP contribution is -2.37. The number of carbonyl (C=O) groups excluding carboxylic acids is 1. The van der Waals surface area contributed by atoms with Crippen molar-refractivity contribution in [2.45, 2.75) is 12.5 Å². The number of hydrogen-bond donors (Lipinski definition) is 3. The molecule has 0 aromatic heterocycles. The van der Waals surface area contributed by atoms with Gasteiger partial charge in [0.05, 0.1) is 11.0 Å². The molecule has 7 heteroatoms. The SMILES string of the molecule is N[C@@H](Cc1ccc(O)cc1)C(=O)Nc1ccc([N+](=O)[O-])cc1. The highest BCUT2D eigenvalue weighted by Crippen LogP contribution is 2.16. The van der Waals surface area contributed by atoms with Gasteiger partial charge in [-0.25, -0.2) is 0 Å². The second-order valence-corrected chi connectivity index (χ2v) is 4.77. The topological polar surface area (TPSA) is 118 Å². The molecular formula is C15H15N3O4. The zero-order valence-corrected chi connectivity index (χ0v) is 11.6. The zero-order chi connectivity index (χ0) is 16.1. The molecule has 0 aliphatic rings. The molecular weight excluding hydrogens is 286 g/mol. The summed E-state index contributed by atoms with van der Waals surface area (Å²) in [5.74, 6) is -0.241. The van der Waals surface area contributed by atoms with Gasteiger partial charge >= 0.3 is 0 Å². The quantitative estimate of drug-likeness (QED) is 0.575. The number of nitro benzene ring substituents is 1. The summed E-state index contributed by atoms with van der Waals surface area (Å²) in [4.78, 5) is 22.0. The predicted molar refractivity (Wildman–Crippen MR) is 81.5 cm³/mol. The fourth-order valence-electron chi connectivity index (χ4n) is 1.88. The van der Waals surface area contributed by atoms with Crippen molar-refractivity contribution >= 4 is 17.3 Å². The number of anilines is 1. The molecule has 0 aliphatic heterocycles. The average Bonchev–Trinajstić information content (AvgIpc) is 2.50. The monoisotopic (exact) mass is 301 g/mol. The van der Waals surface area contributed by atoms with Crippen LogP contribution in [0.1, 0.15) is 5.56 Å². The lowest BCUT2D eigenvalue weighted by atomic mass is 10.1. The first-order chi connectivity index (χ1) is 10.5. The van der Waals surface area contributed by atoms with Gasteiger partial charge in [0.1, 0.15) is 5.75 Å². The Balaban J connectivity index is 1.95. The predicted octanol–water partition coefficient (Wildman–Crippen LogP) is 1.81. The van der Waals surface area contributed by atoms with Crippen molar-refractivity contribution < 1.29 is 14.8 Å². The lowest BCUT2D eigenvalue weighted by molar-refractivity contribution is -0.384. The number of nitrogens with zero attached hydrogens (tertiary/aromatic N) is 1. The van der Waals surface area contributed by atoms with Crippen LogP contribution in [0, 0.1) is 10.1 Å². The second kappa shape index (κ2) is 6.68. The third-order valence-electron chi connectivity index (χ3n) is 3.07. The third-order valence-corrected chi connectivity index (χ3v) is 3.07. The summed E-state index contributed by atoms with van der Waals surface area (Å²) in [6.45, 7) is 0. The van der Waals surface area contributed by atoms with Gasteiger partial charge in [-0.3, -0.25) is 14.9 Å². The number of phenols is 1. The van der Waals surface area contributed by atoms with Gasteiger partial charge in [-0.1, -0.05) is 12.1 Å². The maximum Gasteiger partial charge on any atom is 0.269 e. The normalized spacial score (nSPS) is 11.7. The molecule has 0 radical (unpaired) electrons. The van der Waals surface area contributed by atoms with E-state index in [1.165, 1.54) is 36.4 Å². The molecule has 4 N–H and O–H groups in total. The molecule has 1 atom stereocenters. The van der Waals surface area contributed by atoms with Crippen LogP contribution in [0.5, 0.6) is 5.75 Å². The van der Waals surface area contributed by atoms with Crippen LogP contribution < -0.4 is 11.1 Å². The van der Waals surface area contributed by atoms with Gasteiger partial charge in [-0.15, -0.1) is 0 Å². The Kier molecular flexibility index (Phi) is 4.70. The minimum atomic E-state index is -0.764. The van der Waals surface area contributed by atoms with Crippen LogP contribution in [0.25, 0.3) is 0 Å². The van der Waals surface area contributed by atoms with Gasteiger partial charge in [-0.05, 0) is 36.2 Å². The first-order valence-corrected chi connectivity index (χ1v) is 6.54. The summed E-state index contributed by atoms with van der Waals surface area (Å²) in [7, 11) is 0. The lowest BCUT2D eigenvalue weighted by Gasteiger charge is -2.12. The Labute approximate surface area is 126 Å². The van der Waals surface area contributed by atoms with E-state index in [1.807, 2.05) is 0 Å². The minimum absolute atomic E-state index is 0.0496. The van der Waals surface area contributed by atoms with Crippen molar-refractivity contribution in [3.05, 3.63) is 64.2 Å². The van der Waals surface area contributed by atoms with Crippen molar-refractivity contribution in [1.29, 1.82) is 0 Å². The average molecular weight is 301 g/mol. The van der Waals surface area contributed by atoms with Crippen LogP contribution in [0.4, 0.5) is 11.4 Å². The van der Waals surface area contributed by atoms with Crippen molar-refractivity contribution in [3.8, 4) is 5.75 Å². The van der Waals surface area contributed by atoms with E-state index < -0.39 is 11.0 Å². The number of carbonyl (C=O) groups is 1. The van der Waals surface area contributed by atoms with E-state index in [9.17, 15) is 20.0 Å². The van der Waals surface area contributed by atoms with Crippen molar-refractivity contribution in [2.75, 3.05) is 5.32 Å². The van der Waals surface area contributed by atoms with E-state index in [1.54, 1.807) is 12.1 Å². The van der Waals surface area contributed by atoms with Crippen molar-refractivity contribution in [3.63, 3.8) is 0 Å². The molecule has 1 amide bonds. The summed E-state index contributed by atoms with van der Waals surface area (Å²) in [6, 6.07) is 11.2. The Bertz CT molecular complexity index is 668. The molecule has 0 aliphatic carbocycles. The van der Waals surface area contributed by atoms with E-state index in [0.29, 0.717) is 12.1 Å². The highest BCUT2D eigenvalue weighted by molar-refractivity contribution is 5.94. The van der Waals surface area contributed by atoms with Crippen molar-refractivity contribution in [1.82, 2.24) is 0 Å². The summed E-state index contributed by atoms with van der Waals surface area (Å²) < 4.78 is 0. The summed E-state index contributed by atoms with van der Waals surface area (Å²) >= 11 is 0. The minimum Gasteiger partial charge on any atom is -0.508 e. The van der Waals surface area contributed by atoms with Crippen LogP contribution >= 0.6 is 0 Å². The number of nitrogens with two attached hydrogens (primary N) is 1. The molecule has 0 spiro atoms. The Morgan fingerprint density at radius 2 is 1.77 bits per heavy atom. The van der Waals surface area contributed by atoms with E-state index in [4.69, 9.17) is 5.73 Å². The molecule has 0 fully saturated rings. The zero-order valence-electron chi connectivity index (χ0n) is 11.6. The number of amides is 1. The second-order valence-electron chi connectivity index (χ2n) is 4.77. The maximum atomic E-state index is 12.0. The molecule has 0 saturated heterocycles. The third kappa shape index (κ3) is 4.03. The first-order valence-electron chi connectivity index (χ1n) is 6.54. The van der Waals surface area contributed by atoms with Gasteiger partial charge in [0.25, 0.3) is 5.69 Å². The Hall–Kier alpha value is -2.93. The van der Waals surface area contributed by atoms with Gasteiger partial charge in [0, 0.05) is 17.8 Å². The number of hydrogen-bond acceptors (Lipinski definition) is 5. The Morgan fingerprint density at radius 1 is 1.18 bits per heavy atom. The molecule has 0 unspecified atom stereocenters. The largest absolute Gasteiger partial charge is 0.508 e. The van der Waals surface area contributed by atoms with Gasteiger partial charge in [-0.2, -0.15) is 0 Å².